The summed E-state index contributed by atoms with van der Waals surface area (Å²) in [5.41, 5.74) is -3.70. The zero-order valence-corrected chi connectivity index (χ0v) is 10.7. The van der Waals surface area contributed by atoms with Crippen LogP contribution in [-0.4, -0.2) is 10.1 Å². The van der Waals surface area contributed by atoms with Gasteiger partial charge in [0.05, 0.1) is 11.8 Å². The van der Waals surface area contributed by atoms with Crippen molar-refractivity contribution in [3.63, 3.8) is 0 Å². The number of hydrogen-bond donors (Lipinski definition) is 1. The van der Waals surface area contributed by atoms with Gasteiger partial charge >= 0.3 is 6.18 Å². The van der Waals surface area contributed by atoms with E-state index in [-0.39, 0.29) is 11.1 Å². The van der Waals surface area contributed by atoms with E-state index in [9.17, 15) is 27.1 Å². The van der Waals surface area contributed by atoms with Gasteiger partial charge in [0.15, 0.2) is 0 Å². The second kappa shape index (κ2) is 5.07. The normalized spacial score (nSPS) is 14.8. The predicted molar refractivity (Wildman–Crippen MR) is 64.3 cm³/mol. The summed E-state index contributed by atoms with van der Waals surface area (Å²) < 4.78 is 64.4. The highest BCUT2D eigenvalue weighted by Gasteiger charge is 2.36. The number of aliphatic hydroxyl groups is 1. The molecule has 2 rings (SSSR count). The van der Waals surface area contributed by atoms with Crippen LogP contribution in [0.4, 0.5) is 22.0 Å². The molecule has 2 aromatic rings. The number of alkyl halides is 3. The fourth-order valence-electron chi connectivity index (χ4n) is 1.89. The highest BCUT2D eigenvalue weighted by atomic mass is 19.4. The number of hydrogen-bond acceptors (Lipinski definition) is 2. The fraction of sp³-hybridized carbons (Fsp3) is 0.214. The van der Waals surface area contributed by atoms with Crippen LogP contribution in [0.3, 0.4) is 0 Å². The predicted octanol–water partition coefficient (Wildman–Crippen LogP) is 3.63. The van der Waals surface area contributed by atoms with Crippen molar-refractivity contribution >= 4 is 0 Å². The summed E-state index contributed by atoms with van der Waals surface area (Å²) in [4.78, 5) is 3.53. The smallest absolute Gasteiger partial charge is 0.381 e. The summed E-state index contributed by atoms with van der Waals surface area (Å²) in [6, 6.07) is 3.07. The van der Waals surface area contributed by atoms with Crippen molar-refractivity contribution < 1.29 is 27.1 Å². The van der Waals surface area contributed by atoms with E-state index in [4.69, 9.17) is 0 Å². The quantitative estimate of drug-likeness (QED) is 0.859. The molecule has 0 aliphatic carbocycles. The molecule has 0 fully saturated rings. The molecular weight excluding hydrogens is 293 g/mol. The number of aromatic nitrogens is 1. The maximum Gasteiger partial charge on any atom is 0.419 e. The van der Waals surface area contributed by atoms with Gasteiger partial charge in [-0.05, 0) is 30.7 Å². The van der Waals surface area contributed by atoms with E-state index in [0.717, 1.165) is 24.5 Å². The minimum atomic E-state index is -4.89. The van der Waals surface area contributed by atoms with Gasteiger partial charge in [0.25, 0.3) is 0 Å². The van der Waals surface area contributed by atoms with E-state index in [1.165, 1.54) is 6.92 Å². The zero-order valence-electron chi connectivity index (χ0n) is 10.7. The van der Waals surface area contributed by atoms with E-state index >= 15 is 0 Å². The van der Waals surface area contributed by atoms with Crippen molar-refractivity contribution in [2.75, 3.05) is 0 Å². The standard InChI is InChI=1S/C14H10F5NO/c1-13(21,9-4-10(15)7-20-6-9)8-2-3-12(16)11(5-8)14(17,18)19/h2-7,21H,1H3. The monoisotopic (exact) mass is 303 g/mol. The third-order valence-corrected chi connectivity index (χ3v) is 3.10. The molecule has 112 valence electrons. The van der Waals surface area contributed by atoms with Gasteiger partial charge in [-0.2, -0.15) is 13.2 Å². The summed E-state index contributed by atoms with van der Waals surface area (Å²) in [6.45, 7) is 1.18. The van der Waals surface area contributed by atoms with Crippen LogP contribution in [0.1, 0.15) is 23.6 Å². The molecule has 7 heteroatoms. The first-order valence-corrected chi connectivity index (χ1v) is 5.83. The van der Waals surface area contributed by atoms with Crippen LogP contribution in [0, 0.1) is 11.6 Å². The van der Waals surface area contributed by atoms with Gasteiger partial charge < -0.3 is 5.11 Å². The molecule has 0 aliphatic heterocycles. The van der Waals surface area contributed by atoms with E-state index in [1.54, 1.807) is 0 Å². The van der Waals surface area contributed by atoms with Crippen molar-refractivity contribution in [1.29, 1.82) is 0 Å². The first-order valence-electron chi connectivity index (χ1n) is 5.83. The summed E-state index contributed by atoms with van der Waals surface area (Å²) >= 11 is 0. The second-order valence-electron chi connectivity index (χ2n) is 4.66. The molecule has 21 heavy (non-hydrogen) atoms. The average molecular weight is 303 g/mol. The van der Waals surface area contributed by atoms with Gasteiger partial charge in [0, 0.05) is 11.8 Å². The molecular formula is C14H10F5NO. The summed E-state index contributed by atoms with van der Waals surface area (Å²) in [5, 5.41) is 10.4. The van der Waals surface area contributed by atoms with Gasteiger partial charge in [-0.25, -0.2) is 8.78 Å². The molecule has 1 aromatic heterocycles. The van der Waals surface area contributed by atoms with Crippen LogP contribution in [0.2, 0.25) is 0 Å². The Morgan fingerprint density at radius 3 is 2.24 bits per heavy atom. The molecule has 0 saturated heterocycles. The molecule has 0 aliphatic rings. The SMILES string of the molecule is CC(O)(c1cncc(F)c1)c1ccc(F)c(C(F)(F)F)c1. The lowest BCUT2D eigenvalue weighted by atomic mass is 9.88. The van der Waals surface area contributed by atoms with E-state index in [0.29, 0.717) is 12.1 Å². The van der Waals surface area contributed by atoms with Crippen LogP contribution < -0.4 is 0 Å². The van der Waals surface area contributed by atoms with Gasteiger partial charge in [0.1, 0.15) is 17.2 Å². The second-order valence-corrected chi connectivity index (χ2v) is 4.66. The first kappa shape index (κ1) is 15.4. The fourth-order valence-corrected chi connectivity index (χ4v) is 1.89. The van der Waals surface area contributed by atoms with Crippen molar-refractivity contribution in [1.82, 2.24) is 4.98 Å². The number of benzene rings is 1. The van der Waals surface area contributed by atoms with E-state index in [1.807, 2.05) is 0 Å². The van der Waals surface area contributed by atoms with Gasteiger partial charge in [-0.3, -0.25) is 4.98 Å². The third kappa shape index (κ3) is 3.02. The lowest BCUT2D eigenvalue weighted by Crippen LogP contribution is -2.24. The Balaban J connectivity index is 2.55. The van der Waals surface area contributed by atoms with Crippen LogP contribution in [0.25, 0.3) is 0 Å². The highest BCUT2D eigenvalue weighted by Crippen LogP contribution is 2.36. The number of nitrogens with zero attached hydrogens (tertiary/aromatic N) is 1. The minimum absolute atomic E-state index is 0.0396. The lowest BCUT2D eigenvalue weighted by Gasteiger charge is -2.25. The average Bonchev–Trinajstić information content (AvgIpc) is 2.37. The van der Waals surface area contributed by atoms with Crippen LogP contribution in [-0.2, 0) is 11.8 Å². The molecule has 1 unspecified atom stereocenters. The Morgan fingerprint density at radius 1 is 1.00 bits per heavy atom. The lowest BCUT2D eigenvalue weighted by molar-refractivity contribution is -0.140. The number of pyridine rings is 1. The van der Waals surface area contributed by atoms with Gasteiger partial charge in [0.2, 0.25) is 0 Å². The Labute approximate surface area is 116 Å². The minimum Gasteiger partial charge on any atom is -0.381 e. The van der Waals surface area contributed by atoms with Crippen molar-refractivity contribution in [2.45, 2.75) is 18.7 Å². The molecule has 0 spiro atoms. The maximum absolute atomic E-state index is 13.2. The molecule has 0 amide bonds. The zero-order chi connectivity index (χ0) is 15.8. The van der Waals surface area contributed by atoms with E-state index < -0.39 is 29.0 Å². The van der Waals surface area contributed by atoms with Crippen LogP contribution in [0.15, 0.2) is 36.7 Å². The summed E-state index contributed by atoms with van der Waals surface area (Å²) in [7, 11) is 0. The van der Waals surface area contributed by atoms with Gasteiger partial charge in [-0.15, -0.1) is 0 Å². The largest absolute Gasteiger partial charge is 0.419 e. The molecule has 0 radical (unpaired) electrons. The maximum atomic E-state index is 13.2. The first-order chi connectivity index (χ1) is 9.62. The van der Waals surface area contributed by atoms with Crippen molar-refractivity contribution in [3.05, 3.63) is 65.0 Å². The Kier molecular flexibility index (Phi) is 3.71. The molecule has 1 heterocycles. The Hall–Kier alpha value is -2.02. The molecule has 1 atom stereocenters. The molecule has 1 aromatic carbocycles. The summed E-state index contributed by atoms with van der Waals surface area (Å²) in [5.74, 6) is -2.19. The number of rotatable bonds is 2. The highest BCUT2D eigenvalue weighted by molar-refractivity contribution is 5.37. The van der Waals surface area contributed by atoms with Crippen LogP contribution in [0.5, 0.6) is 0 Å². The van der Waals surface area contributed by atoms with Crippen LogP contribution >= 0.6 is 0 Å². The third-order valence-electron chi connectivity index (χ3n) is 3.10. The molecule has 0 bridgehead atoms. The molecule has 0 saturated carbocycles. The molecule has 2 nitrogen and oxygen atoms in total. The molecule has 1 N–H and O–H groups in total. The van der Waals surface area contributed by atoms with E-state index in [2.05, 4.69) is 4.98 Å². The Morgan fingerprint density at radius 2 is 1.67 bits per heavy atom. The summed E-state index contributed by atoms with van der Waals surface area (Å²) in [6.07, 6.45) is -2.87. The Bertz CT molecular complexity index is 667. The number of halogens is 5. The van der Waals surface area contributed by atoms with Gasteiger partial charge in [-0.1, -0.05) is 6.07 Å². The topological polar surface area (TPSA) is 33.1 Å². The van der Waals surface area contributed by atoms with Crippen molar-refractivity contribution in [2.24, 2.45) is 0 Å². The van der Waals surface area contributed by atoms with Crippen molar-refractivity contribution in [3.8, 4) is 0 Å².